The summed E-state index contributed by atoms with van der Waals surface area (Å²) in [5.74, 6) is -1.00. The number of carbonyl (C=O) groups is 2. The molecule has 5 nitrogen and oxygen atoms in total. The Morgan fingerprint density at radius 2 is 2.17 bits per heavy atom. The fourth-order valence-electron chi connectivity index (χ4n) is 2.66. The quantitative estimate of drug-likeness (QED) is 0.750. The van der Waals surface area contributed by atoms with Crippen LogP contribution in [0, 0.1) is 6.92 Å². The van der Waals surface area contributed by atoms with E-state index in [1.54, 1.807) is 24.4 Å². The lowest BCUT2D eigenvalue weighted by Gasteiger charge is -2.00. The highest BCUT2D eigenvalue weighted by Gasteiger charge is 2.24. The summed E-state index contributed by atoms with van der Waals surface area (Å²) in [6.07, 6.45) is 4.12. The maximum Gasteiger partial charge on any atom is 0.303 e. The molecule has 1 amide bonds. The van der Waals surface area contributed by atoms with E-state index < -0.39 is 5.97 Å². The van der Waals surface area contributed by atoms with Crippen molar-refractivity contribution in [3.05, 3.63) is 51.8 Å². The standard InChI is InChI=1S/C17H15ClN2O3/c1-9-10(2-5-16(21)22)8-19-14(9)7-13-12-4-3-11(18)6-15(12)20-17(13)23/h3-4,6-8,19H,2,5H2,1H3,(H,20,23)(H,21,22). The number of carbonyl (C=O) groups excluding carboxylic acids is 1. The Labute approximate surface area is 138 Å². The van der Waals surface area contributed by atoms with E-state index in [-0.39, 0.29) is 12.3 Å². The molecular formula is C17H15ClN2O3. The van der Waals surface area contributed by atoms with Gasteiger partial charge in [0.15, 0.2) is 0 Å². The summed E-state index contributed by atoms with van der Waals surface area (Å²) in [4.78, 5) is 26.0. The monoisotopic (exact) mass is 330 g/mol. The van der Waals surface area contributed by atoms with E-state index in [2.05, 4.69) is 10.3 Å². The van der Waals surface area contributed by atoms with Crippen molar-refractivity contribution in [2.75, 3.05) is 5.32 Å². The summed E-state index contributed by atoms with van der Waals surface area (Å²) in [6, 6.07) is 5.27. The summed E-state index contributed by atoms with van der Waals surface area (Å²) in [5.41, 5.74) is 4.76. The minimum atomic E-state index is -0.827. The lowest BCUT2D eigenvalue weighted by Crippen LogP contribution is -2.03. The first-order valence-corrected chi connectivity index (χ1v) is 7.55. The molecule has 3 rings (SSSR count). The fourth-order valence-corrected chi connectivity index (χ4v) is 2.83. The highest BCUT2D eigenvalue weighted by molar-refractivity contribution is 6.36. The number of fused-ring (bicyclic) bond motifs is 1. The fraction of sp³-hybridized carbons (Fsp3) is 0.176. The van der Waals surface area contributed by atoms with Crippen LogP contribution in [0.25, 0.3) is 11.6 Å². The lowest BCUT2D eigenvalue weighted by atomic mass is 10.0. The Morgan fingerprint density at radius 3 is 2.91 bits per heavy atom. The molecule has 0 saturated heterocycles. The topological polar surface area (TPSA) is 82.2 Å². The van der Waals surface area contributed by atoms with Crippen molar-refractivity contribution in [1.29, 1.82) is 0 Å². The molecule has 0 aliphatic carbocycles. The Morgan fingerprint density at radius 1 is 1.39 bits per heavy atom. The first-order valence-electron chi connectivity index (χ1n) is 7.17. The molecule has 1 aromatic carbocycles. The molecule has 23 heavy (non-hydrogen) atoms. The third-order valence-electron chi connectivity index (χ3n) is 3.95. The van der Waals surface area contributed by atoms with Crippen molar-refractivity contribution in [3.8, 4) is 0 Å². The lowest BCUT2D eigenvalue weighted by molar-refractivity contribution is -0.137. The van der Waals surface area contributed by atoms with Crippen LogP contribution in [-0.4, -0.2) is 22.0 Å². The molecule has 1 aliphatic rings. The van der Waals surface area contributed by atoms with Gasteiger partial charge in [-0.05, 0) is 42.7 Å². The summed E-state index contributed by atoms with van der Waals surface area (Å²) >= 11 is 5.94. The summed E-state index contributed by atoms with van der Waals surface area (Å²) in [5, 5.41) is 12.1. The second-order valence-electron chi connectivity index (χ2n) is 5.45. The average Bonchev–Trinajstić information content (AvgIpc) is 2.98. The van der Waals surface area contributed by atoms with Crippen molar-refractivity contribution in [3.63, 3.8) is 0 Å². The SMILES string of the molecule is Cc1c(CCC(=O)O)c[nH]c1C=C1C(=O)Nc2cc(Cl)ccc21. The number of hydrogen-bond donors (Lipinski definition) is 3. The van der Waals surface area contributed by atoms with Gasteiger partial charge in [0.05, 0.1) is 11.3 Å². The van der Waals surface area contributed by atoms with Crippen LogP contribution < -0.4 is 5.32 Å². The number of carboxylic acid groups (broad SMARTS) is 1. The van der Waals surface area contributed by atoms with Crippen molar-refractivity contribution in [2.45, 2.75) is 19.8 Å². The van der Waals surface area contributed by atoms with Crippen LogP contribution in [-0.2, 0) is 16.0 Å². The molecule has 1 aliphatic heterocycles. The zero-order chi connectivity index (χ0) is 16.6. The molecule has 0 spiro atoms. The first kappa shape index (κ1) is 15.4. The van der Waals surface area contributed by atoms with Crippen LogP contribution in [0.15, 0.2) is 24.4 Å². The molecule has 2 aromatic rings. The van der Waals surface area contributed by atoms with Crippen LogP contribution in [0.1, 0.15) is 28.8 Å². The van der Waals surface area contributed by atoms with E-state index in [1.807, 2.05) is 13.0 Å². The van der Waals surface area contributed by atoms with E-state index in [9.17, 15) is 9.59 Å². The van der Waals surface area contributed by atoms with Gasteiger partial charge in [0, 0.05) is 28.9 Å². The third kappa shape index (κ3) is 3.00. The molecule has 6 heteroatoms. The molecule has 118 valence electrons. The number of rotatable bonds is 4. The van der Waals surface area contributed by atoms with Crippen LogP contribution in [0.3, 0.4) is 0 Å². The number of amides is 1. The van der Waals surface area contributed by atoms with E-state index in [1.165, 1.54) is 0 Å². The van der Waals surface area contributed by atoms with E-state index >= 15 is 0 Å². The zero-order valence-electron chi connectivity index (χ0n) is 12.4. The van der Waals surface area contributed by atoms with Crippen molar-refractivity contribution < 1.29 is 14.7 Å². The Hall–Kier alpha value is -2.53. The van der Waals surface area contributed by atoms with Crippen LogP contribution in [0.5, 0.6) is 0 Å². The maximum atomic E-state index is 12.2. The average molecular weight is 331 g/mol. The second-order valence-corrected chi connectivity index (χ2v) is 5.88. The molecule has 3 N–H and O–H groups in total. The number of halogens is 1. The van der Waals surface area contributed by atoms with E-state index in [4.69, 9.17) is 16.7 Å². The van der Waals surface area contributed by atoms with Crippen molar-refractivity contribution >= 4 is 40.8 Å². The van der Waals surface area contributed by atoms with Gasteiger partial charge in [-0.3, -0.25) is 9.59 Å². The van der Waals surface area contributed by atoms with Crippen LogP contribution in [0.2, 0.25) is 5.02 Å². The molecule has 2 heterocycles. The van der Waals surface area contributed by atoms with Crippen LogP contribution >= 0.6 is 11.6 Å². The van der Waals surface area contributed by atoms with Gasteiger partial charge in [-0.1, -0.05) is 17.7 Å². The number of H-pyrrole nitrogens is 1. The Bertz CT molecular complexity index is 836. The largest absolute Gasteiger partial charge is 0.481 e. The molecule has 0 atom stereocenters. The van der Waals surface area contributed by atoms with Gasteiger partial charge in [0.1, 0.15) is 0 Å². The smallest absolute Gasteiger partial charge is 0.303 e. The molecule has 0 bridgehead atoms. The van der Waals surface area contributed by atoms with Gasteiger partial charge in [0.2, 0.25) is 0 Å². The zero-order valence-corrected chi connectivity index (χ0v) is 13.2. The van der Waals surface area contributed by atoms with Crippen LogP contribution in [0.4, 0.5) is 5.69 Å². The number of anilines is 1. The Kier molecular flexibility index (Phi) is 3.96. The van der Waals surface area contributed by atoms with E-state index in [0.717, 1.165) is 22.4 Å². The Balaban J connectivity index is 1.94. The summed E-state index contributed by atoms with van der Waals surface area (Å²) < 4.78 is 0. The number of aromatic amines is 1. The van der Waals surface area contributed by atoms with E-state index in [0.29, 0.717) is 22.7 Å². The maximum absolute atomic E-state index is 12.2. The molecule has 0 unspecified atom stereocenters. The number of aliphatic carboxylic acids is 1. The molecule has 0 fully saturated rings. The normalized spacial score (nSPS) is 14.9. The van der Waals surface area contributed by atoms with Gasteiger partial charge < -0.3 is 15.4 Å². The summed E-state index contributed by atoms with van der Waals surface area (Å²) in [7, 11) is 0. The van der Waals surface area contributed by atoms with Crippen molar-refractivity contribution in [2.24, 2.45) is 0 Å². The van der Waals surface area contributed by atoms with Gasteiger partial charge in [-0.2, -0.15) is 0 Å². The number of benzene rings is 1. The molecule has 0 radical (unpaired) electrons. The molecule has 0 saturated carbocycles. The number of aryl methyl sites for hydroxylation is 1. The number of hydrogen-bond acceptors (Lipinski definition) is 2. The number of aromatic nitrogens is 1. The first-order chi connectivity index (χ1) is 11.0. The molecule has 1 aromatic heterocycles. The highest BCUT2D eigenvalue weighted by Crippen LogP contribution is 2.35. The minimum Gasteiger partial charge on any atom is -0.481 e. The number of nitrogens with one attached hydrogen (secondary N) is 2. The predicted molar refractivity (Wildman–Crippen MR) is 89.4 cm³/mol. The third-order valence-corrected chi connectivity index (χ3v) is 4.18. The second kappa shape index (κ2) is 5.93. The van der Waals surface area contributed by atoms with Gasteiger partial charge in [0.25, 0.3) is 5.91 Å². The van der Waals surface area contributed by atoms with Gasteiger partial charge >= 0.3 is 5.97 Å². The minimum absolute atomic E-state index is 0.0799. The van der Waals surface area contributed by atoms with Gasteiger partial charge in [-0.25, -0.2) is 0 Å². The highest BCUT2D eigenvalue weighted by atomic mass is 35.5. The van der Waals surface area contributed by atoms with Crippen molar-refractivity contribution in [1.82, 2.24) is 4.98 Å². The van der Waals surface area contributed by atoms with Gasteiger partial charge in [-0.15, -0.1) is 0 Å². The number of carboxylic acids is 1. The summed E-state index contributed by atoms with van der Waals surface area (Å²) in [6.45, 7) is 1.91. The molecular weight excluding hydrogens is 316 g/mol. The predicted octanol–water partition coefficient (Wildman–Crippen LogP) is 3.49.